The first-order valence-electron chi connectivity index (χ1n) is 27.9. The summed E-state index contributed by atoms with van der Waals surface area (Å²) in [6, 6.07) is 12.5. The second-order valence-corrected chi connectivity index (χ2v) is 22.8. The Hall–Kier alpha value is -6.46. The Balaban J connectivity index is 0.927. The van der Waals surface area contributed by atoms with Crippen molar-refractivity contribution in [3.8, 4) is 0 Å². The number of piperidine rings is 1. The number of imidazole rings is 2. The number of aromatic amines is 2. The molecule has 6 N–H and O–H groups in total. The van der Waals surface area contributed by atoms with E-state index < -0.39 is 41.4 Å². The summed E-state index contributed by atoms with van der Waals surface area (Å²) in [5.74, 6) is -0.502. The number of nitrogens with one attached hydrogen (secondary N) is 4. The lowest BCUT2D eigenvalue weighted by atomic mass is 9.81. The van der Waals surface area contributed by atoms with Crippen LogP contribution in [0.25, 0.3) is 22.1 Å². The normalized spacial score (nSPS) is 25.8. The highest BCUT2D eigenvalue weighted by molar-refractivity contribution is 5.87. The van der Waals surface area contributed by atoms with Gasteiger partial charge in [0.1, 0.15) is 29.4 Å². The number of nitrogens with zero attached hydrogens (tertiary/aromatic N) is 6. The fourth-order valence-electron chi connectivity index (χ4n) is 14.4. The lowest BCUT2D eigenvalue weighted by molar-refractivity contribution is -0.136. The summed E-state index contributed by atoms with van der Waals surface area (Å²) in [6.07, 6.45) is 13.1. The molecule has 11 rings (SSSR count). The van der Waals surface area contributed by atoms with Gasteiger partial charge in [-0.2, -0.15) is 0 Å². The third-order valence-corrected chi connectivity index (χ3v) is 18.3. The molecule has 6 heterocycles. The van der Waals surface area contributed by atoms with Crippen molar-refractivity contribution in [2.45, 2.75) is 165 Å². The first-order chi connectivity index (χ1) is 36.3. The van der Waals surface area contributed by atoms with Gasteiger partial charge in [0.2, 0.25) is 11.8 Å². The van der Waals surface area contributed by atoms with E-state index in [1.807, 2.05) is 29.2 Å². The van der Waals surface area contributed by atoms with Gasteiger partial charge < -0.3 is 50.4 Å². The maximum atomic E-state index is 16.7. The summed E-state index contributed by atoms with van der Waals surface area (Å²) in [4.78, 5) is 77.4. The lowest BCUT2D eigenvalue weighted by Crippen LogP contribution is -2.52. The average molecular weight is 1030 g/mol. The highest BCUT2D eigenvalue weighted by atomic mass is 19.1. The standard InChI is InChI=1S/C57H72F2N10O6/c1-33-28-47(36-20-22-41-43(29-36)62-51(60-41)45-18-12-26-67(45)53(70)48(64-55(72)73)34-14-6-3-7-15-34)69(38-31-39(58)50(40(59)32-38)66-24-10-5-11-25-66)57(33,2)37-21-23-42-44(30-37)63-52(61-42)46-19-13-27-68(46)54(71)49(65-56(74)75)35-16-8-4-9-17-35/h20-23,29-35,45-49,64-65H,3-19,24-28H2,1-2H3,(H,60,62)(H,61,63)(H,72,73)(H,74,75)/t33?,45-,46-,47+,48-,49-,57+/m0/s1. The number of carbonyl (C=O) groups is 4. The monoisotopic (exact) mass is 1030 g/mol. The lowest BCUT2D eigenvalue weighted by Gasteiger charge is -2.43. The third-order valence-electron chi connectivity index (χ3n) is 18.3. The van der Waals surface area contributed by atoms with Crippen LogP contribution < -0.4 is 20.4 Å². The number of rotatable bonds is 12. The van der Waals surface area contributed by atoms with Crippen LogP contribution in [0.3, 0.4) is 0 Å². The van der Waals surface area contributed by atoms with Crippen LogP contribution in [0.15, 0.2) is 48.5 Å². The number of anilines is 2. The largest absolute Gasteiger partial charge is 0.465 e. The van der Waals surface area contributed by atoms with Crippen molar-refractivity contribution in [3.63, 3.8) is 0 Å². The molecule has 0 radical (unpaired) electrons. The number of carbonyl (C=O) groups excluding carboxylic acids is 2. The average Bonchev–Trinajstić information content (AvgIpc) is 4.30. The zero-order valence-electron chi connectivity index (χ0n) is 43.3. The van der Waals surface area contributed by atoms with Gasteiger partial charge in [-0.3, -0.25) is 9.59 Å². The van der Waals surface area contributed by atoms with Crippen molar-refractivity contribution in [2.24, 2.45) is 17.8 Å². The van der Waals surface area contributed by atoms with E-state index in [9.17, 15) is 29.4 Å². The molecular formula is C57H72F2N10O6. The fraction of sp³-hybridized carbons (Fsp3) is 0.579. The third kappa shape index (κ3) is 9.63. The zero-order chi connectivity index (χ0) is 52.1. The van der Waals surface area contributed by atoms with Crippen LogP contribution in [0, 0.1) is 29.4 Å². The number of fused-ring (bicyclic) bond motifs is 2. The maximum absolute atomic E-state index is 16.7. The number of amides is 4. The highest BCUT2D eigenvalue weighted by Crippen LogP contribution is 2.55. The summed E-state index contributed by atoms with van der Waals surface area (Å²) in [6.45, 7) is 6.50. The van der Waals surface area contributed by atoms with Crippen molar-refractivity contribution in [3.05, 3.63) is 82.9 Å². The topological polar surface area (TPSA) is 203 Å². The fourth-order valence-corrected chi connectivity index (χ4v) is 14.4. The molecule has 5 aromatic rings. The molecule has 6 fully saturated rings. The number of carboxylic acid groups (broad SMARTS) is 2. The van der Waals surface area contributed by atoms with E-state index in [1.165, 1.54) is 12.1 Å². The Kier molecular flexibility index (Phi) is 14.1. The van der Waals surface area contributed by atoms with Crippen LogP contribution in [-0.2, 0) is 15.1 Å². The minimum atomic E-state index is -1.20. The van der Waals surface area contributed by atoms with Crippen molar-refractivity contribution < 1.29 is 38.2 Å². The number of aromatic nitrogens is 4. The zero-order valence-corrected chi connectivity index (χ0v) is 43.3. The van der Waals surface area contributed by atoms with Crippen molar-refractivity contribution in [2.75, 3.05) is 36.0 Å². The number of hydrogen-bond acceptors (Lipinski definition) is 8. The number of hydrogen-bond donors (Lipinski definition) is 6. The van der Waals surface area contributed by atoms with Crippen LogP contribution in [0.4, 0.5) is 29.7 Å². The molecule has 16 nitrogen and oxygen atoms in total. The van der Waals surface area contributed by atoms with Gasteiger partial charge in [-0.1, -0.05) is 57.6 Å². The predicted molar refractivity (Wildman–Crippen MR) is 281 cm³/mol. The predicted octanol–water partition coefficient (Wildman–Crippen LogP) is 11.0. The molecular weight excluding hydrogens is 959 g/mol. The van der Waals surface area contributed by atoms with Crippen LogP contribution >= 0.6 is 0 Å². The SMILES string of the molecule is CC1C[C@H](c2ccc3[nH]c([C@@H]4CCCN4C(=O)[C@@H](NC(=O)O)C4CCCCC4)nc3c2)N(c2cc(F)c(N3CCCCC3)c(F)c2)[C@@]1(C)c1ccc2[nH]c([C@@H]3CCCN3C(=O)[C@@H](NC(=O)O)C3CCCCC3)nc2c1. The molecule has 3 aromatic carbocycles. The molecule has 400 valence electrons. The number of halogens is 2. The minimum absolute atomic E-state index is 0.00590. The number of H-pyrrole nitrogens is 2. The van der Waals surface area contributed by atoms with Gasteiger partial charge in [-0.05, 0) is 149 Å². The molecule has 6 aliphatic rings. The van der Waals surface area contributed by atoms with Gasteiger partial charge in [0.15, 0.2) is 11.6 Å². The number of benzene rings is 3. The van der Waals surface area contributed by atoms with Crippen molar-refractivity contribution in [1.82, 2.24) is 40.4 Å². The smallest absolute Gasteiger partial charge is 0.405 e. The molecule has 4 amide bonds. The second kappa shape index (κ2) is 20.9. The van der Waals surface area contributed by atoms with E-state index in [0.717, 1.165) is 118 Å². The van der Waals surface area contributed by atoms with Crippen LogP contribution in [0.1, 0.15) is 170 Å². The first-order valence-corrected chi connectivity index (χ1v) is 27.9. The summed E-state index contributed by atoms with van der Waals surface area (Å²) in [7, 11) is 0. The highest BCUT2D eigenvalue weighted by Gasteiger charge is 2.51. The Bertz CT molecular complexity index is 2920. The molecule has 2 aromatic heterocycles. The molecule has 7 atom stereocenters. The Labute approximate surface area is 436 Å². The van der Waals surface area contributed by atoms with Gasteiger partial charge in [-0.15, -0.1) is 0 Å². The van der Waals surface area contributed by atoms with Crippen molar-refractivity contribution in [1.29, 1.82) is 0 Å². The van der Waals surface area contributed by atoms with E-state index in [1.54, 1.807) is 9.80 Å². The van der Waals surface area contributed by atoms with E-state index in [2.05, 4.69) is 51.5 Å². The summed E-state index contributed by atoms with van der Waals surface area (Å²) < 4.78 is 33.4. The van der Waals surface area contributed by atoms with Gasteiger partial charge >= 0.3 is 12.2 Å². The van der Waals surface area contributed by atoms with Crippen molar-refractivity contribution >= 4 is 57.4 Å². The van der Waals surface area contributed by atoms with Gasteiger partial charge in [0.25, 0.3) is 0 Å². The Morgan fingerprint density at radius 1 is 0.627 bits per heavy atom. The molecule has 4 aliphatic heterocycles. The second-order valence-electron chi connectivity index (χ2n) is 22.8. The molecule has 0 bridgehead atoms. The van der Waals surface area contributed by atoms with E-state index >= 15 is 8.78 Å². The van der Waals surface area contributed by atoms with Crippen LogP contribution in [0.2, 0.25) is 0 Å². The van der Waals surface area contributed by atoms with Crippen LogP contribution in [-0.4, -0.2) is 102 Å². The summed E-state index contributed by atoms with van der Waals surface area (Å²) >= 11 is 0. The molecule has 1 unspecified atom stereocenters. The molecule has 2 saturated carbocycles. The van der Waals surface area contributed by atoms with Crippen LogP contribution in [0.5, 0.6) is 0 Å². The summed E-state index contributed by atoms with van der Waals surface area (Å²) in [5, 5.41) is 24.8. The molecule has 0 spiro atoms. The quantitative estimate of drug-likeness (QED) is 0.0698. The number of likely N-dealkylation sites (tertiary alicyclic amines) is 2. The van der Waals surface area contributed by atoms with Gasteiger partial charge in [0, 0.05) is 31.9 Å². The Morgan fingerprint density at radius 3 is 1.64 bits per heavy atom. The van der Waals surface area contributed by atoms with E-state index in [4.69, 9.17) is 9.97 Å². The summed E-state index contributed by atoms with van der Waals surface area (Å²) in [5.41, 5.74) is 4.38. The van der Waals surface area contributed by atoms with Gasteiger partial charge in [-0.25, -0.2) is 28.3 Å². The minimum Gasteiger partial charge on any atom is -0.465 e. The van der Waals surface area contributed by atoms with E-state index in [0.29, 0.717) is 73.8 Å². The Morgan fingerprint density at radius 2 is 1.12 bits per heavy atom. The maximum Gasteiger partial charge on any atom is 0.405 e. The molecule has 4 saturated heterocycles. The molecule has 18 heteroatoms. The first kappa shape index (κ1) is 50.7. The molecule has 2 aliphatic carbocycles. The molecule has 75 heavy (non-hydrogen) atoms. The van der Waals surface area contributed by atoms with Gasteiger partial charge in [0.05, 0.1) is 45.7 Å². The van der Waals surface area contributed by atoms with E-state index in [-0.39, 0.29) is 53.4 Å².